The van der Waals surface area contributed by atoms with Gasteiger partial charge in [-0.25, -0.2) is 14.8 Å². The van der Waals surface area contributed by atoms with Crippen molar-refractivity contribution in [2.24, 2.45) is 0 Å². The predicted molar refractivity (Wildman–Crippen MR) is 155 cm³/mol. The van der Waals surface area contributed by atoms with Crippen molar-refractivity contribution in [1.29, 1.82) is 0 Å². The molecule has 1 unspecified atom stereocenters. The number of anilines is 2. The van der Waals surface area contributed by atoms with Gasteiger partial charge in [0.15, 0.2) is 11.6 Å². The van der Waals surface area contributed by atoms with E-state index in [4.69, 9.17) is 4.74 Å². The van der Waals surface area contributed by atoms with Gasteiger partial charge in [0.05, 0.1) is 22.8 Å². The van der Waals surface area contributed by atoms with Crippen LogP contribution < -0.4 is 5.32 Å². The van der Waals surface area contributed by atoms with Crippen molar-refractivity contribution in [2.75, 3.05) is 32.0 Å². The highest BCUT2D eigenvalue weighted by atomic mass is 19.4. The molecule has 6 rings (SSSR count). The second kappa shape index (κ2) is 11.7. The quantitative estimate of drug-likeness (QED) is 0.237. The molecule has 0 aliphatic carbocycles. The van der Waals surface area contributed by atoms with E-state index in [0.29, 0.717) is 24.6 Å². The molecule has 1 saturated heterocycles. The van der Waals surface area contributed by atoms with Crippen molar-refractivity contribution in [3.05, 3.63) is 102 Å². The molecule has 0 spiro atoms. The number of ether oxygens (including phenoxy) is 1. The first-order valence-electron chi connectivity index (χ1n) is 13.7. The smallest absolute Gasteiger partial charge is 0.417 e. The van der Waals surface area contributed by atoms with Crippen molar-refractivity contribution in [3.63, 3.8) is 0 Å². The molecule has 43 heavy (non-hydrogen) atoms. The molecule has 3 aromatic carbocycles. The molecule has 2 N–H and O–H groups in total. The van der Waals surface area contributed by atoms with Gasteiger partial charge in [0, 0.05) is 36.7 Å². The SMILES string of the molecule is CN1CCN(C(=O)OCc2ccccc2)CC1c1cc(Nc2n[nH]c3ccccc23)nc(-c2ccccc2C(F)(F)F)n1. The van der Waals surface area contributed by atoms with Crippen LogP contribution in [0.15, 0.2) is 84.9 Å². The van der Waals surface area contributed by atoms with Gasteiger partial charge >= 0.3 is 12.3 Å². The summed E-state index contributed by atoms with van der Waals surface area (Å²) in [6.07, 6.45) is -5.08. The minimum absolute atomic E-state index is 0.0926. The van der Waals surface area contributed by atoms with E-state index in [2.05, 4.69) is 25.5 Å². The molecule has 1 aliphatic heterocycles. The fourth-order valence-electron chi connectivity index (χ4n) is 5.10. The molecule has 1 fully saturated rings. The van der Waals surface area contributed by atoms with Gasteiger partial charge in [-0.2, -0.15) is 18.3 Å². The summed E-state index contributed by atoms with van der Waals surface area (Å²) >= 11 is 0. The van der Waals surface area contributed by atoms with E-state index in [9.17, 15) is 18.0 Å². The fraction of sp³-hybridized carbons (Fsp3) is 0.226. The highest BCUT2D eigenvalue weighted by molar-refractivity contribution is 5.91. The average Bonchev–Trinajstić information content (AvgIpc) is 3.42. The molecule has 1 atom stereocenters. The molecular weight excluding hydrogens is 559 g/mol. The molecule has 0 saturated carbocycles. The maximum absolute atomic E-state index is 14.0. The number of nitrogens with zero attached hydrogens (tertiary/aromatic N) is 5. The summed E-state index contributed by atoms with van der Waals surface area (Å²) in [7, 11) is 1.89. The third-order valence-corrected chi connectivity index (χ3v) is 7.39. The van der Waals surface area contributed by atoms with Gasteiger partial charge < -0.3 is 15.0 Å². The monoisotopic (exact) mass is 587 g/mol. The minimum Gasteiger partial charge on any atom is -0.445 e. The zero-order valence-corrected chi connectivity index (χ0v) is 23.2. The summed E-state index contributed by atoms with van der Waals surface area (Å²) in [5, 5.41) is 11.2. The Kier molecular flexibility index (Phi) is 7.68. The van der Waals surface area contributed by atoms with E-state index in [0.717, 1.165) is 22.5 Å². The Labute approximate surface area is 245 Å². The number of alkyl halides is 3. The number of halogens is 3. The maximum atomic E-state index is 14.0. The number of piperazine rings is 1. The van der Waals surface area contributed by atoms with Crippen LogP contribution in [0.3, 0.4) is 0 Å². The van der Waals surface area contributed by atoms with Crippen molar-refractivity contribution in [2.45, 2.75) is 18.8 Å². The van der Waals surface area contributed by atoms with E-state index in [1.165, 1.54) is 18.2 Å². The second-order valence-corrected chi connectivity index (χ2v) is 10.3. The molecule has 0 bridgehead atoms. The Balaban J connectivity index is 1.35. The number of carbonyl (C=O) groups excluding carboxylic acids is 1. The van der Waals surface area contributed by atoms with Gasteiger partial charge in [0.1, 0.15) is 12.4 Å². The number of para-hydroxylation sites is 1. The molecule has 1 aliphatic rings. The number of hydrogen-bond donors (Lipinski definition) is 2. The van der Waals surface area contributed by atoms with Gasteiger partial charge in [-0.3, -0.25) is 10.00 Å². The summed E-state index contributed by atoms with van der Waals surface area (Å²) < 4.78 is 47.6. The lowest BCUT2D eigenvalue weighted by atomic mass is 10.0. The van der Waals surface area contributed by atoms with E-state index < -0.39 is 23.9 Å². The molecule has 3 heterocycles. The topological polar surface area (TPSA) is 99.3 Å². The number of benzene rings is 3. The Morgan fingerprint density at radius 1 is 1.00 bits per heavy atom. The number of hydrogen-bond acceptors (Lipinski definition) is 7. The van der Waals surface area contributed by atoms with E-state index in [-0.39, 0.29) is 30.4 Å². The first-order valence-corrected chi connectivity index (χ1v) is 13.7. The molecule has 220 valence electrons. The number of aromatic amines is 1. The van der Waals surface area contributed by atoms with Crippen LogP contribution in [-0.2, 0) is 17.5 Å². The van der Waals surface area contributed by atoms with Crippen molar-refractivity contribution in [1.82, 2.24) is 30.0 Å². The van der Waals surface area contributed by atoms with E-state index >= 15 is 0 Å². The maximum Gasteiger partial charge on any atom is 0.417 e. The number of H-pyrrole nitrogens is 1. The van der Waals surface area contributed by atoms with E-state index in [1.807, 2.05) is 66.5 Å². The minimum atomic E-state index is -4.61. The van der Waals surface area contributed by atoms with Crippen LogP contribution in [0, 0.1) is 0 Å². The standard InChI is InChI=1S/C31H28F3N7O2/c1-40-15-16-41(30(42)43-19-20-9-3-2-4-10-20)18-26(40)25-17-27(37-29-22-12-6-8-14-24(22)38-39-29)36-28(35-25)21-11-5-7-13-23(21)31(32,33)34/h2-14,17,26H,15-16,18-19H2,1H3,(H2,35,36,37,38,39). The first-order chi connectivity index (χ1) is 20.8. The summed E-state index contributed by atoms with van der Waals surface area (Å²) in [4.78, 5) is 25.7. The summed E-state index contributed by atoms with van der Waals surface area (Å²) in [5.74, 6) is 0.648. The molecule has 9 nitrogen and oxygen atoms in total. The number of carbonyl (C=O) groups is 1. The zero-order chi connectivity index (χ0) is 30.0. The van der Waals surface area contributed by atoms with Crippen molar-refractivity contribution >= 4 is 28.6 Å². The lowest BCUT2D eigenvalue weighted by Crippen LogP contribution is -2.49. The van der Waals surface area contributed by atoms with Gasteiger partial charge in [0.2, 0.25) is 0 Å². The van der Waals surface area contributed by atoms with Gasteiger partial charge in [0.25, 0.3) is 0 Å². The summed E-state index contributed by atoms with van der Waals surface area (Å²) in [5.41, 5.74) is 1.12. The number of nitrogens with one attached hydrogen (secondary N) is 2. The highest BCUT2D eigenvalue weighted by Crippen LogP contribution is 2.37. The van der Waals surface area contributed by atoms with Gasteiger partial charge in [-0.05, 0) is 30.8 Å². The van der Waals surface area contributed by atoms with Crippen molar-refractivity contribution < 1.29 is 22.7 Å². The predicted octanol–water partition coefficient (Wildman–Crippen LogP) is 6.41. The average molecular weight is 588 g/mol. The molecule has 0 radical (unpaired) electrons. The first kappa shape index (κ1) is 28.2. The number of aromatic nitrogens is 4. The number of likely N-dealkylation sites (N-methyl/N-ethyl adjacent to an activating group) is 1. The van der Waals surface area contributed by atoms with Crippen LogP contribution in [0.4, 0.5) is 29.6 Å². The molecule has 2 aromatic heterocycles. The summed E-state index contributed by atoms with van der Waals surface area (Å²) in [6, 6.07) is 23.3. The summed E-state index contributed by atoms with van der Waals surface area (Å²) in [6.45, 7) is 1.30. The number of rotatable bonds is 6. The number of amides is 1. The fourth-order valence-corrected chi connectivity index (χ4v) is 5.10. The van der Waals surface area contributed by atoms with Crippen LogP contribution in [0.25, 0.3) is 22.3 Å². The molecule has 5 aromatic rings. The largest absolute Gasteiger partial charge is 0.445 e. The third-order valence-electron chi connectivity index (χ3n) is 7.39. The Bertz CT molecular complexity index is 1740. The van der Waals surface area contributed by atoms with Crippen LogP contribution in [0.1, 0.15) is 22.9 Å². The van der Waals surface area contributed by atoms with Crippen LogP contribution in [0.5, 0.6) is 0 Å². The van der Waals surface area contributed by atoms with Crippen LogP contribution >= 0.6 is 0 Å². The lowest BCUT2D eigenvalue weighted by Gasteiger charge is -2.38. The lowest BCUT2D eigenvalue weighted by molar-refractivity contribution is -0.137. The normalized spacial score (nSPS) is 15.9. The van der Waals surface area contributed by atoms with Crippen LogP contribution in [-0.4, -0.2) is 62.7 Å². The Morgan fingerprint density at radius 3 is 2.56 bits per heavy atom. The van der Waals surface area contributed by atoms with E-state index in [1.54, 1.807) is 11.0 Å². The Morgan fingerprint density at radius 2 is 1.74 bits per heavy atom. The number of fused-ring (bicyclic) bond motifs is 1. The second-order valence-electron chi connectivity index (χ2n) is 10.3. The van der Waals surface area contributed by atoms with Gasteiger partial charge in [-0.1, -0.05) is 60.7 Å². The van der Waals surface area contributed by atoms with Gasteiger partial charge in [-0.15, -0.1) is 0 Å². The third kappa shape index (κ3) is 6.14. The highest BCUT2D eigenvalue weighted by Gasteiger charge is 2.35. The molecular formula is C31H28F3N7O2. The Hall–Kier alpha value is -4.97. The van der Waals surface area contributed by atoms with Crippen molar-refractivity contribution in [3.8, 4) is 11.4 Å². The molecule has 1 amide bonds. The molecule has 12 heteroatoms. The van der Waals surface area contributed by atoms with Crippen LogP contribution in [0.2, 0.25) is 0 Å². The zero-order valence-electron chi connectivity index (χ0n) is 23.2.